The molecule has 1 saturated heterocycles. The van der Waals surface area contributed by atoms with Crippen molar-refractivity contribution < 1.29 is 42.9 Å². The van der Waals surface area contributed by atoms with Gasteiger partial charge in [-0.2, -0.15) is 0 Å². The average molecular weight is 429 g/mol. The first-order chi connectivity index (χ1) is 13.7. The van der Waals surface area contributed by atoms with Gasteiger partial charge in [0.1, 0.15) is 18.8 Å². The van der Waals surface area contributed by atoms with Crippen LogP contribution >= 0.6 is 11.6 Å². The van der Waals surface area contributed by atoms with E-state index in [0.717, 1.165) is 0 Å². The molecule has 1 aromatic carbocycles. The third-order valence-electron chi connectivity index (χ3n) is 3.87. The van der Waals surface area contributed by atoms with Crippen LogP contribution in [0.5, 0.6) is 0 Å². The third-order valence-corrected chi connectivity index (χ3v) is 4.12. The van der Waals surface area contributed by atoms with Gasteiger partial charge in [0.05, 0.1) is 12.0 Å². The van der Waals surface area contributed by atoms with Crippen molar-refractivity contribution in [2.24, 2.45) is 0 Å². The topological polar surface area (TPSA) is 114 Å². The molecule has 0 saturated carbocycles. The summed E-state index contributed by atoms with van der Waals surface area (Å²) in [5.41, 5.74) is 0.237. The second kappa shape index (κ2) is 10.2. The maximum absolute atomic E-state index is 12.4. The van der Waals surface area contributed by atoms with Crippen LogP contribution in [0.4, 0.5) is 0 Å². The maximum atomic E-state index is 12.4. The number of esters is 4. The molecule has 1 heterocycles. The van der Waals surface area contributed by atoms with Crippen LogP contribution in [0.25, 0.3) is 0 Å². The predicted molar refractivity (Wildman–Crippen MR) is 97.9 cm³/mol. The highest BCUT2D eigenvalue weighted by Gasteiger charge is 2.45. The smallest absolute Gasteiger partial charge is 0.340 e. The Labute approximate surface area is 172 Å². The van der Waals surface area contributed by atoms with E-state index in [1.807, 2.05) is 0 Å². The van der Waals surface area contributed by atoms with Gasteiger partial charge in [-0.25, -0.2) is 4.79 Å². The Balaban J connectivity index is 2.18. The largest absolute Gasteiger partial charge is 0.463 e. The van der Waals surface area contributed by atoms with E-state index in [2.05, 4.69) is 0 Å². The van der Waals surface area contributed by atoms with Crippen molar-refractivity contribution in [2.45, 2.75) is 51.8 Å². The van der Waals surface area contributed by atoms with Crippen LogP contribution in [0.3, 0.4) is 0 Å². The zero-order valence-corrected chi connectivity index (χ0v) is 16.8. The lowest BCUT2D eigenvalue weighted by Gasteiger charge is -2.39. The zero-order chi connectivity index (χ0) is 21.6. The van der Waals surface area contributed by atoms with Crippen LogP contribution in [-0.2, 0) is 38.1 Å². The van der Waals surface area contributed by atoms with Gasteiger partial charge in [-0.1, -0.05) is 11.6 Å². The van der Waals surface area contributed by atoms with E-state index >= 15 is 0 Å². The van der Waals surface area contributed by atoms with Crippen molar-refractivity contribution in [1.82, 2.24) is 0 Å². The number of carbonyl (C=O) groups excluding carboxylic acids is 4. The molecule has 9 nitrogen and oxygen atoms in total. The molecule has 4 atom stereocenters. The quantitative estimate of drug-likeness (QED) is 0.495. The molecular weight excluding hydrogens is 408 g/mol. The second-order valence-corrected chi connectivity index (χ2v) is 6.71. The minimum atomic E-state index is -1.13. The molecule has 0 bridgehead atoms. The Morgan fingerprint density at radius 2 is 1.59 bits per heavy atom. The highest BCUT2D eigenvalue weighted by Crippen LogP contribution is 2.27. The predicted octanol–water partition coefficient (Wildman–Crippen LogP) is 2.04. The maximum Gasteiger partial charge on any atom is 0.340 e. The van der Waals surface area contributed by atoms with Gasteiger partial charge in [0, 0.05) is 25.8 Å². The molecule has 0 N–H and O–H groups in total. The van der Waals surface area contributed by atoms with Crippen LogP contribution < -0.4 is 0 Å². The van der Waals surface area contributed by atoms with Gasteiger partial charge in [-0.15, -0.1) is 0 Å². The van der Waals surface area contributed by atoms with Gasteiger partial charge in [-0.3, -0.25) is 14.4 Å². The lowest BCUT2D eigenvalue weighted by Crippen LogP contribution is -2.54. The standard InChI is InChI=1S/C19H21ClO9/c1-10(21)25-9-16-18(27-12(3)23)15(26-11(2)22)8-17(28-16)29-19(24)13-4-6-14(20)7-5-13/h4-7,15-18H,8-9H2,1-3H3/t15-,16-,17+,18+/m1/s1. The van der Waals surface area contributed by atoms with Gasteiger partial charge in [0.15, 0.2) is 6.10 Å². The van der Waals surface area contributed by atoms with Gasteiger partial charge < -0.3 is 23.7 Å². The van der Waals surface area contributed by atoms with Crippen molar-refractivity contribution in [1.29, 1.82) is 0 Å². The second-order valence-electron chi connectivity index (χ2n) is 6.28. The number of hydrogen-bond acceptors (Lipinski definition) is 9. The van der Waals surface area contributed by atoms with Gasteiger partial charge in [0.25, 0.3) is 0 Å². The van der Waals surface area contributed by atoms with E-state index in [9.17, 15) is 19.2 Å². The van der Waals surface area contributed by atoms with Crippen molar-refractivity contribution in [3.63, 3.8) is 0 Å². The van der Waals surface area contributed by atoms with Crippen LogP contribution in [0.15, 0.2) is 24.3 Å². The van der Waals surface area contributed by atoms with E-state index in [4.69, 9.17) is 35.3 Å². The summed E-state index contributed by atoms with van der Waals surface area (Å²) in [5, 5.41) is 0.455. The molecule has 1 fully saturated rings. The van der Waals surface area contributed by atoms with E-state index in [1.165, 1.54) is 45.0 Å². The number of halogens is 1. The first-order valence-electron chi connectivity index (χ1n) is 8.75. The molecule has 10 heteroatoms. The van der Waals surface area contributed by atoms with Crippen LogP contribution in [0, 0.1) is 0 Å². The lowest BCUT2D eigenvalue weighted by molar-refractivity contribution is -0.252. The Hall–Kier alpha value is -2.65. The fourth-order valence-electron chi connectivity index (χ4n) is 2.75. The summed E-state index contributed by atoms with van der Waals surface area (Å²) in [5.74, 6) is -2.53. The monoisotopic (exact) mass is 428 g/mol. The molecule has 0 radical (unpaired) electrons. The number of benzene rings is 1. The first kappa shape index (κ1) is 22.6. The molecule has 0 aliphatic carbocycles. The molecule has 0 spiro atoms. The zero-order valence-electron chi connectivity index (χ0n) is 16.1. The molecule has 29 heavy (non-hydrogen) atoms. The highest BCUT2D eigenvalue weighted by atomic mass is 35.5. The normalized spacial score (nSPS) is 23.6. The molecule has 0 unspecified atom stereocenters. The summed E-state index contributed by atoms with van der Waals surface area (Å²) in [6.45, 7) is 3.28. The summed E-state index contributed by atoms with van der Waals surface area (Å²) in [6.07, 6.45) is -4.22. The van der Waals surface area contributed by atoms with E-state index in [1.54, 1.807) is 0 Å². The number of ether oxygens (including phenoxy) is 5. The van der Waals surface area contributed by atoms with Crippen molar-refractivity contribution in [2.75, 3.05) is 6.61 Å². The van der Waals surface area contributed by atoms with Gasteiger partial charge in [-0.05, 0) is 24.3 Å². The Kier molecular flexibility index (Phi) is 7.98. The summed E-state index contributed by atoms with van der Waals surface area (Å²) in [6, 6.07) is 6.02. The van der Waals surface area contributed by atoms with Crippen LogP contribution in [0.1, 0.15) is 37.6 Å². The summed E-state index contributed by atoms with van der Waals surface area (Å²) >= 11 is 5.80. The fourth-order valence-corrected chi connectivity index (χ4v) is 2.87. The first-order valence-corrected chi connectivity index (χ1v) is 9.13. The SMILES string of the molecule is CC(=O)OC[C@H]1O[C@@H](OC(=O)c2ccc(Cl)cc2)C[C@@H](OC(C)=O)[C@@H]1OC(C)=O. The van der Waals surface area contributed by atoms with Crippen molar-refractivity contribution in [3.05, 3.63) is 34.9 Å². The average Bonchev–Trinajstić information content (AvgIpc) is 2.62. The Morgan fingerprint density at radius 1 is 0.966 bits per heavy atom. The molecule has 1 aliphatic rings. The summed E-state index contributed by atoms with van der Waals surface area (Å²) in [7, 11) is 0. The molecule has 0 aromatic heterocycles. The fraction of sp³-hybridized carbons (Fsp3) is 0.474. The Bertz CT molecular complexity index is 761. The third kappa shape index (κ3) is 7.03. The molecule has 2 rings (SSSR count). The van der Waals surface area contributed by atoms with Gasteiger partial charge >= 0.3 is 23.9 Å². The Morgan fingerprint density at radius 3 is 2.14 bits per heavy atom. The van der Waals surface area contributed by atoms with E-state index < -0.39 is 48.5 Å². The van der Waals surface area contributed by atoms with Crippen LogP contribution in [-0.4, -0.2) is 55.1 Å². The minimum absolute atomic E-state index is 0.0760. The molecule has 1 aromatic rings. The van der Waals surface area contributed by atoms with Gasteiger partial charge in [0.2, 0.25) is 6.29 Å². The van der Waals surface area contributed by atoms with Crippen molar-refractivity contribution in [3.8, 4) is 0 Å². The van der Waals surface area contributed by atoms with Crippen molar-refractivity contribution >= 4 is 35.5 Å². The summed E-state index contributed by atoms with van der Waals surface area (Å²) < 4.78 is 26.4. The molecule has 0 amide bonds. The number of rotatable bonds is 6. The number of hydrogen-bond donors (Lipinski definition) is 0. The molecular formula is C19H21ClO9. The lowest BCUT2D eigenvalue weighted by atomic mass is 10.0. The highest BCUT2D eigenvalue weighted by molar-refractivity contribution is 6.30. The number of carbonyl (C=O) groups is 4. The summed E-state index contributed by atoms with van der Waals surface area (Å²) in [4.78, 5) is 46.5. The van der Waals surface area contributed by atoms with Crippen LogP contribution in [0.2, 0.25) is 5.02 Å². The van der Waals surface area contributed by atoms with E-state index in [-0.39, 0.29) is 18.6 Å². The minimum Gasteiger partial charge on any atom is -0.463 e. The van der Waals surface area contributed by atoms with E-state index in [0.29, 0.717) is 5.02 Å². The molecule has 1 aliphatic heterocycles. The molecule has 158 valence electrons.